The van der Waals surface area contributed by atoms with Crippen molar-refractivity contribution < 1.29 is 4.79 Å². The number of nitrogens with one attached hydrogen (secondary N) is 1. The van der Waals surface area contributed by atoms with Gasteiger partial charge in [0.1, 0.15) is 0 Å². The number of amides is 1. The fourth-order valence-corrected chi connectivity index (χ4v) is 2.15. The van der Waals surface area contributed by atoms with E-state index in [9.17, 15) is 4.79 Å². The van der Waals surface area contributed by atoms with Crippen LogP contribution in [0.2, 0.25) is 0 Å². The number of carbonyl (C=O) groups is 1. The number of benzene rings is 1. The number of hydrogen-bond acceptors (Lipinski definition) is 2. The summed E-state index contributed by atoms with van der Waals surface area (Å²) in [5.74, 6) is 1.21. The standard InChI is InChI=1S/C14H21NOS/c1-11(2)9-13(15-14(16)10-17-3)12-7-5-4-6-8-12/h4-8,11,13H,9-10H2,1-3H3,(H,15,16). The molecule has 1 atom stereocenters. The topological polar surface area (TPSA) is 29.1 Å². The van der Waals surface area contributed by atoms with Crippen LogP contribution < -0.4 is 5.32 Å². The molecule has 2 nitrogen and oxygen atoms in total. The minimum Gasteiger partial charge on any atom is -0.349 e. The van der Waals surface area contributed by atoms with Crippen LogP contribution in [0, 0.1) is 5.92 Å². The van der Waals surface area contributed by atoms with Crippen LogP contribution in [0.15, 0.2) is 30.3 Å². The van der Waals surface area contributed by atoms with Crippen LogP contribution >= 0.6 is 11.8 Å². The monoisotopic (exact) mass is 251 g/mol. The summed E-state index contributed by atoms with van der Waals surface area (Å²) in [7, 11) is 0. The van der Waals surface area contributed by atoms with E-state index >= 15 is 0 Å². The van der Waals surface area contributed by atoms with Gasteiger partial charge in [-0.2, -0.15) is 11.8 Å². The maximum Gasteiger partial charge on any atom is 0.230 e. The van der Waals surface area contributed by atoms with Crippen molar-refractivity contribution in [2.24, 2.45) is 5.92 Å². The van der Waals surface area contributed by atoms with Gasteiger partial charge in [-0.1, -0.05) is 44.2 Å². The predicted molar refractivity (Wildman–Crippen MR) is 75.2 cm³/mol. The zero-order valence-electron chi connectivity index (χ0n) is 10.8. The first-order valence-electron chi connectivity index (χ1n) is 5.96. The zero-order chi connectivity index (χ0) is 12.7. The fourth-order valence-electron chi connectivity index (χ4n) is 1.80. The van der Waals surface area contributed by atoms with Crippen LogP contribution in [0.4, 0.5) is 0 Å². The second kappa shape index (κ2) is 7.38. The van der Waals surface area contributed by atoms with Crippen molar-refractivity contribution in [2.75, 3.05) is 12.0 Å². The molecule has 0 radical (unpaired) electrons. The highest BCUT2D eigenvalue weighted by Gasteiger charge is 2.15. The predicted octanol–water partition coefficient (Wildman–Crippen LogP) is 3.25. The third kappa shape index (κ3) is 5.26. The second-order valence-corrected chi connectivity index (χ2v) is 5.46. The number of thioether (sulfide) groups is 1. The highest BCUT2D eigenvalue weighted by atomic mass is 32.2. The molecule has 1 N–H and O–H groups in total. The van der Waals surface area contributed by atoms with Crippen molar-refractivity contribution in [3.63, 3.8) is 0 Å². The molecule has 94 valence electrons. The third-order valence-corrected chi connectivity index (χ3v) is 3.07. The Hall–Kier alpha value is -0.960. The van der Waals surface area contributed by atoms with Crippen LogP contribution in [0.1, 0.15) is 31.9 Å². The molecule has 0 saturated carbocycles. The first kappa shape index (κ1) is 14.1. The molecule has 0 saturated heterocycles. The van der Waals surface area contributed by atoms with Crippen molar-refractivity contribution in [2.45, 2.75) is 26.3 Å². The number of hydrogen-bond donors (Lipinski definition) is 1. The SMILES string of the molecule is CSCC(=O)NC(CC(C)C)c1ccccc1. The van der Waals surface area contributed by atoms with Gasteiger partial charge in [0.2, 0.25) is 5.91 Å². The smallest absolute Gasteiger partial charge is 0.230 e. The summed E-state index contributed by atoms with van der Waals surface area (Å²) in [5, 5.41) is 3.11. The first-order valence-corrected chi connectivity index (χ1v) is 7.36. The van der Waals surface area contributed by atoms with E-state index in [0.29, 0.717) is 11.7 Å². The Morgan fingerprint density at radius 1 is 1.29 bits per heavy atom. The Kier molecular flexibility index (Phi) is 6.12. The molecule has 1 aromatic rings. The molecular formula is C14H21NOS. The summed E-state index contributed by atoms with van der Waals surface area (Å²) in [4.78, 5) is 11.7. The van der Waals surface area contributed by atoms with Gasteiger partial charge in [-0.3, -0.25) is 4.79 Å². The van der Waals surface area contributed by atoms with Gasteiger partial charge in [-0.15, -0.1) is 0 Å². The third-order valence-electron chi connectivity index (χ3n) is 2.52. The van der Waals surface area contributed by atoms with E-state index in [1.807, 2.05) is 24.5 Å². The van der Waals surface area contributed by atoms with Crippen LogP contribution in [-0.4, -0.2) is 17.9 Å². The number of rotatable bonds is 6. The molecule has 0 aliphatic heterocycles. The Morgan fingerprint density at radius 2 is 1.94 bits per heavy atom. The molecule has 1 amide bonds. The van der Waals surface area contributed by atoms with Crippen molar-refractivity contribution in [1.82, 2.24) is 5.32 Å². The van der Waals surface area contributed by atoms with Gasteiger partial charge in [0, 0.05) is 0 Å². The molecule has 1 unspecified atom stereocenters. The van der Waals surface area contributed by atoms with E-state index in [1.165, 1.54) is 5.56 Å². The van der Waals surface area contributed by atoms with E-state index in [2.05, 4.69) is 31.3 Å². The van der Waals surface area contributed by atoms with Gasteiger partial charge in [-0.05, 0) is 24.2 Å². The summed E-state index contributed by atoms with van der Waals surface area (Å²) in [6.45, 7) is 4.35. The van der Waals surface area contributed by atoms with E-state index in [4.69, 9.17) is 0 Å². The van der Waals surface area contributed by atoms with E-state index in [0.717, 1.165) is 6.42 Å². The molecular weight excluding hydrogens is 230 g/mol. The van der Waals surface area contributed by atoms with E-state index < -0.39 is 0 Å². The molecule has 0 fully saturated rings. The number of carbonyl (C=O) groups excluding carboxylic acids is 1. The summed E-state index contributed by atoms with van der Waals surface area (Å²) < 4.78 is 0. The van der Waals surface area contributed by atoms with E-state index in [-0.39, 0.29) is 11.9 Å². The molecule has 1 rings (SSSR count). The molecule has 0 aliphatic rings. The first-order chi connectivity index (χ1) is 8.13. The molecule has 0 aliphatic carbocycles. The van der Waals surface area contributed by atoms with Gasteiger partial charge in [0.05, 0.1) is 11.8 Å². The molecule has 0 aromatic heterocycles. The lowest BCUT2D eigenvalue weighted by molar-refractivity contribution is -0.119. The summed E-state index contributed by atoms with van der Waals surface area (Å²) >= 11 is 1.55. The molecule has 1 aromatic carbocycles. The summed E-state index contributed by atoms with van der Waals surface area (Å²) in [5.41, 5.74) is 1.19. The fraction of sp³-hybridized carbons (Fsp3) is 0.500. The Bertz CT molecular complexity index is 337. The second-order valence-electron chi connectivity index (χ2n) is 4.59. The van der Waals surface area contributed by atoms with Crippen molar-refractivity contribution in [3.8, 4) is 0 Å². The van der Waals surface area contributed by atoms with Crippen molar-refractivity contribution in [3.05, 3.63) is 35.9 Å². The Labute approximate surface area is 108 Å². The van der Waals surface area contributed by atoms with Gasteiger partial charge in [-0.25, -0.2) is 0 Å². The lowest BCUT2D eigenvalue weighted by Crippen LogP contribution is -2.30. The minimum absolute atomic E-state index is 0.118. The van der Waals surface area contributed by atoms with Gasteiger partial charge < -0.3 is 5.32 Å². The summed E-state index contributed by atoms with van der Waals surface area (Å²) in [6, 6.07) is 10.3. The molecule has 0 heterocycles. The van der Waals surface area contributed by atoms with Gasteiger partial charge >= 0.3 is 0 Å². The van der Waals surface area contributed by atoms with Crippen LogP contribution in [0.5, 0.6) is 0 Å². The maximum absolute atomic E-state index is 11.7. The Morgan fingerprint density at radius 3 is 2.47 bits per heavy atom. The molecule has 3 heteroatoms. The highest BCUT2D eigenvalue weighted by Crippen LogP contribution is 2.21. The van der Waals surface area contributed by atoms with E-state index in [1.54, 1.807) is 11.8 Å². The molecule has 0 spiro atoms. The van der Waals surface area contributed by atoms with Crippen molar-refractivity contribution >= 4 is 17.7 Å². The normalized spacial score (nSPS) is 12.5. The maximum atomic E-state index is 11.7. The zero-order valence-corrected chi connectivity index (χ0v) is 11.6. The molecule has 17 heavy (non-hydrogen) atoms. The van der Waals surface area contributed by atoms with Gasteiger partial charge in [0.15, 0.2) is 0 Å². The average Bonchev–Trinajstić information content (AvgIpc) is 2.29. The van der Waals surface area contributed by atoms with Crippen LogP contribution in [-0.2, 0) is 4.79 Å². The van der Waals surface area contributed by atoms with Crippen LogP contribution in [0.25, 0.3) is 0 Å². The lowest BCUT2D eigenvalue weighted by Gasteiger charge is -2.21. The average molecular weight is 251 g/mol. The molecule has 0 bridgehead atoms. The lowest BCUT2D eigenvalue weighted by atomic mass is 9.97. The quantitative estimate of drug-likeness (QED) is 0.841. The Balaban J connectivity index is 2.70. The summed E-state index contributed by atoms with van der Waals surface area (Å²) in [6.07, 6.45) is 2.92. The van der Waals surface area contributed by atoms with Gasteiger partial charge in [0.25, 0.3) is 0 Å². The minimum atomic E-state index is 0.118. The largest absolute Gasteiger partial charge is 0.349 e. The highest BCUT2D eigenvalue weighted by molar-refractivity contribution is 7.99. The van der Waals surface area contributed by atoms with Crippen LogP contribution in [0.3, 0.4) is 0 Å². The van der Waals surface area contributed by atoms with Crippen molar-refractivity contribution in [1.29, 1.82) is 0 Å².